The first kappa shape index (κ1) is 15.7. The van der Waals surface area contributed by atoms with Crippen LogP contribution in [0.3, 0.4) is 0 Å². The van der Waals surface area contributed by atoms with Gasteiger partial charge in [0.2, 0.25) is 5.91 Å². The van der Waals surface area contributed by atoms with Gasteiger partial charge in [-0.25, -0.2) is 4.39 Å². The number of carbonyl (C=O) groups is 2. The van der Waals surface area contributed by atoms with E-state index in [0.29, 0.717) is 5.56 Å². The second-order valence-electron chi connectivity index (χ2n) is 4.74. The van der Waals surface area contributed by atoms with Gasteiger partial charge in [0.25, 0.3) is 5.91 Å². The van der Waals surface area contributed by atoms with Crippen LogP contribution in [-0.4, -0.2) is 24.9 Å². The van der Waals surface area contributed by atoms with Gasteiger partial charge >= 0.3 is 0 Å². The molecule has 0 heterocycles. The fraction of sp³-hybridized carbons (Fsp3) is 0.176. The first-order valence-corrected chi connectivity index (χ1v) is 6.95. The number of para-hydroxylation sites is 1. The lowest BCUT2D eigenvalue weighted by atomic mass is 10.2. The summed E-state index contributed by atoms with van der Waals surface area (Å²) in [5, 5.41) is 2.72. The fourth-order valence-corrected chi connectivity index (χ4v) is 2.09. The van der Waals surface area contributed by atoms with Crippen LogP contribution in [0.5, 0.6) is 0 Å². The molecule has 2 rings (SSSR count). The Labute approximate surface area is 128 Å². The number of carbonyl (C=O) groups excluding carboxylic acids is 2. The van der Waals surface area contributed by atoms with Gasteiger partial charge in [-0.3, -0.25) is 9.59 Å². The molecule has 4 nitrogen and oxygen atoms in total. The zero-order valence-corrected chi connectivity index (χ0v) is 12.3. The van der Waals surface area contributed by atoms with Crippen LogP contribution in [0.25, 0.3) is 0 Å². The Morgan fingerprint density at radius 3 is 2.32 bits per heavy atom. The first-order valence-electron chi connectivity index (χ1n) is 6.95. The molecule has 1 N–H and O–H groups in total. The summed E-state index contributed by atoms with van der Waals surface area (Å²) in [6.45, 7) is 1.81. The number of amides is 2. The standard InChI is InChI=1S/C17H17FN2O2/c1-13(21)20(16-10-6-5-9-15(16)18)12-11-19-17(22)14-7-3-2-4-8-14/h2-10H,11-12H2,1H3,(H,19,22). The van der Waals surface area contributed by atoms with Crippen molar-refractivity contribution in [1.29, 1.82) is 0 Å². The van der Waals surface area contributed by atoms with Crippen molar-refractivity contribution in [1.82, 2.24) is 5.32 Å². The number of hydrogen-bond acceptors (Lipinski definition) is 2. The Morgan fingerprint density at radius 1 is 1.05 bits per heavy atom. The molecule has 0 fully saturated rings. The molecule has 2 aromatic rings. The highest BCUT2D eigenvalue weighted by molar-refractivity contribution is 5.94. The van der Waals surface area contributed by atoms with Crippen molar-refractivity contribution < 1.29 is 14.0 Å². The Balaban J connectivity index is 1.98. The number of nitrogens with zero attached hydrogens (tertiary/aromatic N) is 1. The molecule has 0 aliphatic carbocycles. The molecule has 0 saturated heterocycles. The van der Waals surface area contributed by atoms with Crippen molar-refractivity contribution in [2.75, 3.05) is 18.0 Å². The summed E-state index contributed by atoms with van der Waals surface area (Å²) in [5.41, 5.74) is 0.756. The molecule has 0 aliphatic heterocycles. The highest BCUT2D eigenvalue weighted by Crippen LogP contribution is 2.18. The number of benzene rings is 2. The van der Waals surface area contributed by atoms with Crippen LogP contribution in [-0.2, 0) is 4.79 Å². The van der Waals surface area contributed by atoms with E-state index in [-0.39, 0.29) is 30.6 Å². The zero-order chi connectivity index (χ0) is 15.9. The summed E-state index contributed by atoms with van der Waals surface area (Å²) >= 11 is 0. The lowest BCUT2D eigenvalue weighted by molar-refractivity contribution is -0.116. The molecule has 5 heteroatoms. The highest BCUT2D eigenvalue weighted by atomic mass is 19.1. The van der Waals surface area contributed by atoms with Crippen LogP contribution in [0.1, 0.15) is 17.3 Å². The van der Waals surface area contributed by atoms with E-state index < -0.39 is 5.82 Å². The molecular formula is C17H17FN2O2. The number of rotatable bonds is 5. The number of nitrogens with one attached hydrogen (secondary N) is 1. The van der Waals surface area contributed by atoms with Crippen LogP contribution >= 0.6 is 0 Å². The molecule has 0 spiro atoms. The van der Waals surface area contributed by atoms with Gasteiger partial charge in [-0.15, -0.1) is 0 Å². The Bertz CT molecular complexity index is 659. The third kappa shape index (κ3) is 3.91. The van der Waals surface area contributed by atoms with Crippen molar-refractivity contribution in [3.8, 4) is 0 Å². The summed E-state index contributed by atoms with van der Waals surface area (Å²) < 4.78 is 13.8. The Morgan fingerprint density at radius 2 is 1.68 bits per heavy atom. The van der Waals surface area contributed by atoms with Gasteiger partial charge in [0.15, 0.2) is 0 Å². The summed E-state index contributed by atoms with van der Waals surface area (Å²) in [6, 6.07) is 14.8. The Kier molecular flexibility index (Phi) is 5.25. The molecule has 114 valence electrons. The van der Waals surface area contributed by atoms with Crippen LogP contribution in [0.15, 0.2) is 54.6 Å². The summed E-state index contributed by atoms with van der Waals surface area (Å²) in [7, 11) is 0. The fourth-order valence-electron chi connectivity index (χ4n) is 2.09. The van der Waals surface area contributed by atoms with Gasteiger partial charge in [0, 0.05) is 25.6 Å². The predicted molar refractivity (Wildman–Crippen MR) is 83.2 cm³/mol. The minimum absolute atomic E-state index is 0.203. The number of halogens is 1. The molecule has 0 saturated carbocycles. The van der Waals surface area contributed by atoms with Gasteiger partial charge < -0.3 is 10.2 Å². The molecule has 0 atom stereocenters. The van der Waals surface area contributed by atoms with Crippen LogP contribution in [0.4, 0.5) is 10.1 Å². The molecule has 2 amide bonds. The average Bonchev–Trinajstić information content (AvgIpc) is 2.53. The third-order valence-corrected chi connectivity index (χ3v) is 3.18. The monoisotopic (exact) mass is 300 g/mol. The summed E-state index contributed by atoms with van der Waals surface area (Å²) in [4.78, 5) is 24.9. The summed E-state index contributed by atoms with van der Waals surface area (Å²) in [5.74, 6) is -0.969. The predicted octanol–water partition coefficient (Wildman–Crippen LogP) is 2.61. The maximum Gasteiger partial charge on any atom is 0.251 e. The van der Waals surface area contributed by atoms with E-state index in [1.807, 2.05) is 6.07 Å². The third-order valence-electron chi connectivity index (χ3n) is 3.18. The highest BCUT2D eigenvalue weighted by Gasteiger charge is 2.15. The lowest BCUT2D eigenvalue weighted by Crippen LogP contribution is -2.38. The van der Waals surface area contributed by atoms with Crippen molar-refractivity contribution >= 4 is 17.5 Å². The second-order valence-corrected chi connectivity index (χ2v) is 4.74. The van der Waals surface area contributed by atoms with Gasteiger partial charge in [-0.05, 0) is 24.3 Å². The minimum atomic E-state index is -0.466. The van der Waals surface area contributed by atoms with Crippen molar-refractivity contribution in [3.63, 3.8) is 0 Å². The molecule has 0 bridgehead atoms. The molecule has 0 aromatic heterocycles. The zero-order valence-electron chi connectivity index (χ0n) is 12.3. The quantitative estimate of drug-likeness (QED) is 0.922. The SMILES string of the molecule is CC(=O)N(CCNC(=O)c1ccccc1)c1ccccc1F. The van der Waals surface area contributed by atoms with Crippen molar-refractivity contribution in [2.45, 2.75) is 6.92 Å². The van der Waals surface area contributed by atoms with Crippen molar-refractivity contribution in [2.24, 2.45) is 0 Å². The van der Waals surface area contributed by atoms with Gasteiger partial charge in [0.1, 0.15) is 5.82 Å². The molecule has 0 unspecified atom stereocenters. The van der Waals surface area contributed by atoms with Crippen molar-refractivity contribution in [3.05, 3.63) is 66.0 Å². The number of anilines is 1. The molecule has 2 aromatic carbocycles. The van der Waals surface area contributed by atoms with Gasteiger partial charge in [-0.1, -0.05) is 30.3 Å². The van der Waals surface area contributed by atoms with Crippen LogP contribution in [0, 0.1) is 5.82 Å². The topological polar surface area (TPSA) is 49.4 Å². The smallest absolute Gasteiger partial charge is 0.251 e. The molecular weight excluding hydrogens is 283 g/mol. The van der Waals surface area contributed by atoms with E-state index in [4.69, 9.17) is 0 Å². The molecule has 0 aliphatic rings. The van der Waals surface area contributed by atoms with E-state index in [9.17, 15) is 14.0 Å². The first-order chi connectivity index (χ1) is 10.6. The second kappa shape index (κ2) is 7.36. The van der Waals surface area contributed by atoms with E-state index in [2.05, 4.69) is 5.32 Å². The molecule has 0 radical (unpaired) electrons. The largest absolute Gasteiger partial charge is 0.350 e. The van der Waals surface area contributed by atoms with E-state index in [1.54, 1.807) is 36.4 Å². The summed E-state index contributed by atoms with van der Waals surface area (Å²) in [6.07, 6.45) is 0. The normalized spacial score (nSPS) is 10.1. The van der Waals surface area contributed by atoms with Gasteiger partial charge in [0.05, 0.1) is 5.69 Å². The van der Waals surface area contributed by atoms with E-state index in [1.165, 1.54) is 24.0 Å². The van der Waals surface area contributed by atoms with Gasteiger partial charge in [-0.2, -0.15) is 0 Å². The lowest BCUT2D eigenvalue weighted by Gasteiger charge is -2.21. The minimum Gasteiger partial charge on any atom is -0.350 e. The average molecular weight is 300 g/mol. The maximum absolute atomic E-state index is 13.8. The maximum atomic E-state index is 13.8. The van der Waals surface area contributed by atoms with Crippen LogP contribution < -0.4 is 10.2 Å². The Hall–Kier alpha value is -2.69. The van der Waals surface area contributed by atoms with E-state index >= 15 is 0 Å². The number of hydrogen-bond donors (Lipinski definition) is 1. The van der Waals surface area contributed by atoms with Crippen LogP contribution in [0.2, 0.25) is 0 Å². The molecule has 22 heavy (non-hydrogen) atoms. The van der Waals surface area contributed by atoms with E-state index in [0.717, 1.165) is 0 Å².